The van der Waals surface area contributed by atoms with Crippen LogP contribution in [0.25, 0.3) is 0 Å². The molecule has 116 valence electrons. The number of benzene rings is 1. The molecule has 2 saturated heterocycles. The third-order valence-corrected chi connectivity index (χ3v) is 4.48. The summed E-state index contributed by atoms with van der Waals surface area (Å²) in [4.78, 5) is 2.36. The number of ether oxygens (including phenoxy) is 1. The van der Waals surface area contributed by atoms with Crippen molar-refractivity contribution in [3.05, 3.63) is 35.4 Å². The highest BCUT2D eigenvalue weighted by atomic mass is 19.1. The van der Waals surface area contributed by atoms with E-state index in [2.05, 4.69) is 10.2 Å². The summed E-state index contributed by atoms with van der Waals surface area (Å²) < 4.78 is 32.7. The number of piperazine rings is 1. The molecule has 0 spiro atoms. The summed E-state index contributed by atoms with van der Waals surface area (Å²) in [6, 6.07) is 4.01. The Morgan fingerprint density at radius 1 is 1.05 bits per heavy atom. The van der Waals surface area contributed by atoms with Crippen LogP contribution in [-0.4, -0.2) is 44.3 Å². The SMILES string of the molecule is Fc1cc(F)cc([C@H](C2CCOCC2)N2CCNCC2)c1. The van der Waals surface area contributed by atoms with Gasteiger partial charge < -0.3 is 10.1 Å². The Morgan fingerprint density at radius 2 is 1.67 bits per heavy atom. The maximum absolute atomic E-state index is 13.6. The van der Waals surface area contributed by atoms with Crippen molar-refractivity contribution < 1.29 is 13.5 Å². The number of halogens is 2. The Labute approximate surface area is 124 Å². The molecular formula is C16H22F2N2O. The number of nitrogens with one attached hydrogen (secondary N) is 1. The van der Waals surface area contributed by atoms with Gasteiger partial charge in [-0.05, 0) is 36.5 Å². The fourth-order valence-electron chi connectivity index (χ4n) is 3.52. The van der Waals surface area contributed by atoms with Crippen LogP contribution < -0.4 is 5.32 Å². The van der Waals surface area contributed by atoms with Crippen LogP contribution in [-0.2, 0) is 4.74 Å². The Kier molecular flexibility index (Phi) is 4.83. The number of hydrogen-bond acceptors (Lipinski definition) is 3. The minimum atomic E-state index is -0.489. The monoisotopic (exact) mass is 296 g/mol. The second kappa shape index (κ2) is 6.81. The predicted octanol–water partition coefficient (Wildman–Crippen LogP) is 2.34. The summed E-state index contributed by atoms with van der Waals surface area (Å²) in [6.45, 7) is 5.17. The van der Waals surface area contributed by atoms with Crippen molar-refractivity contribution in [3.8, 4) is 0 Å². The van der Waals surface area contributed by atoms with E-state index >= 15 is 0 Å². The zero-order valence-electron chi connectivity index (χ0n) is 12.2. The van der Waals surface area contributed by atoms with E-state index in [1.165, 1.54) is 12.1 Å². The summed E-state index contributed by atoms with van der Waals surface area (Å²) >= 11 is 0. The molecule has 0 radical (unpaired) electrons. The van der Waals surface area contributed by atoms with Crippen LogP contribution >= 0.6 is 0 Å². The molecule has 0 aliphatic carbocycles. The summed E-state index contributed by atoms with van der Waals surface area (Å²) in [5, 5.41) is 3.33. The lowest BCUT2D eigenvalue weighted by atomic mass is 9.85. The molecule has 0 amide bonds. The first-order chi connectivity index (χ1) is 10.2. The van der Waals surface area contributed by atoms with Crippen LogP contribution in [0.4, 0.5) is 8.78 Å². The van der Waals surface area contributed by atoms with E-state index in [4.69, 9.17) is 4.74 Å². The average molecular weight is 296 g/mol. The molecule has 0 bridgehead atoms. The standard InChI is InChI=1S/C16H22F2N2O/c17-14-9-13(10-15(18)11-14)16(12-1-7-21-8-2-12)20-5-3-19-4-6-20/h9-12,16,19H,1-8H2/t16-/m0/s1. The van der Waals surface area contributed by atoms with Crippen molar-refractivity contribution in [3.63, 3.8) is 0 Å². The van der Waals surface area contributed by atoms with Crippen molar-refractivity contribution in [1.82, 2.24) is 10.2 Å². The summed E-state index contributed by atoms with van der Waals surface area (Å²) in [6.07, 6.45) is 1.90. The van der Waals surface area contributed by atoms with Crippen LogP contribution in [0.2, 0.25) is 0 Å². The molecule has 5 heteroatoms. The minimum Gasteiger partial charge on any atom is -0.381 e. The first kappa shape index (κ1) is 14.9. The van der Waals surface area contributed by atoms with Gasteiger partial charge >= 0.3 is 0 Å². The highest BCUT2D eigenvalue weighted by Crippen LogP contribution is 2.35. The van der Waals surface area contributed by atoms with E-state index in [-0.39, 0.29) is 6.04 Å². The molecule has 1 N–H and O–H groups in total. The molecule has 0 saturated carbocycles. The largest absolute Gasteiger partial charge is 0.381 e. The van der Waals surface area contributed by atoms with Gasteiger partial charge in [0.25, 0.3) is 0 Å². The second-order valence-electron chi connectivity index (χ2n) is 5.88. The van der Waals surface area contributed by atoms with E-state index in [1.54, 1.807) is 0 Å². The van der Waals surface area contributed by atoms with Gasteiger partial charge in [-0.15, -0.1) is 0 Å². The summed E-state index contributed by atoms with van der Waals surface area (Å²) in [5.74, 6) is -0.576. The first-order valence-electron chi connectivity index (χ1n) is 7.72. The molecule has 21 heavy (non-hydrogen) atoms. The van der Waals surface area contributed by atoms with Crippen molar-refractivity contribution >= 4 is 0 Å². The van der Waals surface area contributed by atoms with Crippen molar-refractivity contribution in [1.29, 1.82) is 0 Å². The Hall–Kier alpha value is -1.04. The molecule has 2 heterocycles. The van der Waals surface area contributed by atoms with Crippen LogP contribution in [0.15, 0.2) is 18.2 Å². The molecule has 1 aromatic rings. The Balaban J connectivity index is 1.89. The lowest BCUT2D eigenvalue weighted by molar-refractivity contribution is 0.0211. The Bertz CT molecular complexity index is 433. The van der Waals surface area contributed by atoms with E-state index in [9.17, 15) is 8.78 Å². The minimum absolute atomic E-state index is 0.0844. The van der Waals surface area contributed by atoms with Gasteiger partial charge in [0, 0.05) is 51.5 Å². The van der Waals surface area contributed by atoms with Crippen LogP contribution in [0.1, 0.15) is 24.4 Å². The third kappa shape index (κ3) is 3.59. The lowest BCUT2D eigenvalue weighted by Gasteiger charge is -2.41. The fraction of sp³-hybridized carbons (Fsp3) is 0.625. The van der Waals surface area contributed by atoms with Gasteiger partial charge in [0.15, 0.2) is 0 Å². The predicted molar refractivity (Wildman–Crippen MR) is 77.1 cm³/mol. The Morgan fingerprint density at radius 3 is 2.29 bits per heavy atom. The third-order valence-electron chi connectivity index (χ3n) is 4.48. The normalized spacial score (nSPS) is 23.1. The molecule has 0 aromatic heterocycles. The molecule has 3 rings (SSSR count). The van der Waals surface area contributed by atoms with Gasteiger partial charge in [-0.3, -0.25) is 4.90 Å². The maximum Gasteiger partial charge on any atom is 0.126 e. The number of nitrogens with zero attached hydrogens (tertiary/aromatic N) is 1. The highest BCUT2D eigenvalue weighted by molar-refractivity contribution is 5.23. The number of hydrogen-bond donors (Lipinski definition) is 1. The van der Waals surface area contributed by atoms with E-state index in [1.807, 2.05) is 0 Å². The van der Waals surface area contributed by atoms with Gasteiger partial charge in [-0.1, -0.05) is 0 Å². The summed E-state index contributed by atoms with van der Waals surface area (Å²) in [7, 11) is 0. The zero-order chi connectivity index (χ0) is 14.7. The van der Waals surface area contributed by atoms with Gasteiger partial charge in [-0.2, -0.15) is 0 Å². The first-order valence-corrected chi connectivity index (χ1v) is 7.72. The summed E-state index contributed by atoms with van der Waals surface area (Å²) in [5.41, 5.74) is 0.765. The fourth-order valence-corrected chi connectivity index (χ4v) is 3.52. The van der Waals surface area contributed by atoms with Crippen molar-refractivity contribution in [2.75, 3.05) is 39.4 Å². The highest BCUT2D eigenvalue weighted by Gasteiger charge is 2.31. The lowest BCUT2D eigenvalue weighted by Crippen LogP contribution is -2.47. The van der Waals surface area contributed by atoms with Crippen molar-refractivity contribution in [2.24, 2.45) is 5.92 Å². The molecule has 2 aliphatic heterocycles. The molecule has 3 nitrogen and oxygen atoms in total. The van der Waals surface area contributed by atoms with Crippen LogP contribution in [0.5, 0.6) is 0 Å². The maximum atomic E-state index is 13.6. The zero-order valence-corrected chi connectivity index (χ0v) is 12.2. The van der Waals surface area contributed by atoms with Gasteiger partial charge in [0.2, 0.25) is 0 Å². The smallest absolute Gasteiger partial charge is 0.126 e. The molecule has 1 atom stereocenters. The van der Waals surface area contributed by atoms with E-state index in [0.29, 0.717) is 5.92 Å². The molecule has 1 aromatic carbocycles. The second-order valence-corrected chi connectivity index (χ2v) is 5.88. The molecule has 2 aliphatic rings. The number of rotatable bonds is 3. The molecule has 0 unspecified atom stereocenters. The van der Waals surface area contributed by atoms with E-state index in [0.717, 1.165) is 63.9 Å². The average Bonchev–Trinajstić information content (AvgIpc) is 2.49. The van der Waals surface area contributed by atoms with Crippen LogP contribution in [0.3, 0.4) is 0 Å². The quantitative estimate of drug-likeness (QED) is 0.926. The van der Waals surface area contributed by atoms with Gasteiger partial charge in [0.1, 0.15) is 11.6 Å². The van der Waals surface area contributed by atoms with Crippen molar-refractivity contribution in [2.45, 2.75) is 18.9 Å². The molecular weight excluding hydrogens is 274 g/mol. The van der Waals surface area contributed by atoms with Gasteiger partial charge in [0.05, 0.1) is 0 Å². The molecule has 2 fully saturated rings. The van der Waals surface area contributed by atoms with E-state index < -0.39 is 11.6 Å². The van der Waals surface area contributed by atoms with Crippen LogP contribution in [0, 0.1) is 17.6 Å². The van der Waals surface area contributed by atoms with Gasteiger partial charge in [-0.25, -0.2) is 8.78 Å². The topological polar surface area (TPSA) is 24.5 Å².